The molecule has 0 bridgehead atoms. The molecule has 0 radical (unpaired) electrons. The quantitative estimate of drug-likeness (QED) is 0.886. The van der Waals surface area contributed by atoms with Crippen molar-refractivity contribution in [2.45, 2.75) is 27.0 Å². The lowest BCUT2D eigenvalue weighted by molar-refractivity contribution is 0.287. The van der Waals surface area contributed by atoms with E-state index in [-0.39, 0.29) is 12.2 Å². The van der Waals surface area contributed by atoms with Crippen LogP contribution in [-0.2, 0) is 13.2 Å². The lowest BCUT2D eigenvalue weighted by Gasteiger charge is -2.12. The van der Waals surface area contributed by atoms with Crippen molar-refractivity contribution < 1.29 is 13.5 Å². The van der Waals surface area contributed by atoms with Crippen LogP contribution in [-0.4, -0.2) is 11.5 Å². The van der Waals surface area contributed by atoms with Gasteiger partial charge in [-0.1, -0.05) is 13.0 Å². The molecule has 3 nitrogen and oxygen atoms in total. The molecule has 1 aromatic carbocycles. The van der Waals surface area contributed by atoms with E-state index in [2.05, 4.69) is 10.3 Å². The summed E-state index contributed by atoms with van der Waals surface area (Å²) in [6, 6.07) is 7.35. The Labute approximate surface area is 123 Å². The molecule has 1 N–H and O–H groups in total. The number of hydrogen-bond donors (Lipinski definition) is 1. The molecule has 0 aliphatic heterocycles. The first-order valence-electron chi connectivity index (χ1n) is 6.84. The predicted molar refractivity (Wildman–Crippen MR) is 77.0 cm³/mol. The maximum atomic E-state index is 13.6. The van der Waals surface area contributed by atoms with Crippen LogP contribution in [0.4, 0.5) is 8.78 Å². The van der Waals surface area contributed by atoms with Crippen LogP contribution in [0.15, 0.2) is 30.3 Å². The number of aryl methyl sites for hydroxylation is 1. The third kappa shape index (κ3) is 3.98. The van der Waals surface area contributed by atoms with Crippen molar-refractivity contribution in [3.63, 3.8) is 0 Å². The Bertz CT molecular complexity index is 597. The Kier molecular flexibility index (Phi) is 5.22. The van der Waals surface area contributed by atoms with Crippen molar-refractivity contribution in [1.82, 2.24) is 10.3 Å². The molecule has 0 atom stereocenters. The average molecular weight is 292 g/mol. The summed E-state index contributed by atoms with van der Waals surface area (Å²) in [4.78, 5) is 4.39. The van der Waals surface area contributed by atoms with Crippen LogP contribution in [0, 0.1) is 18.6 Å². The van der Waals surface area contributed by atoms with Gasteiger partial charge in [0.05, 0.1) is 11.3 Å². The number of rotatable bonds is 6. The lowest BCUT2D eigenvalue weighted by atomic mass is 10.2. The van der Waals surface area contributed by atoms with Crippen molar-refractivity contribution in [3.05, 3.63) is 58.9 Å². The zero-order chi connectivity index (χ0) is 15.2. The minimum atomic E-state index is -0.608. The zero-order valence-electron chi connectivity index (χ0n) is 12.1. The molecule has 2 rings (SSSR count). The number of pyridine rings is 1. The van der Waals surface area contributed by atoms with Crippen LogP contribution in [0.1, 0.15) is 23.9 Å². The zero-order valence-corrected chi connectivity index (χ0v) is 12.1. The van der Waals surface area contributed by atoms with Crippen LogP contribution in [0.5, 0.6) is 5.75 Å². The molecule has 21 heavy (non-hydrogen) atoms. The summed E-state index contributed by atoms with van der Waals surface area (Å²) in [6.07, 6.45) is 0. The highest BCUT2D eigenvalue weighted by molar-refractivity contribution is 5.30. The van der Waals surface area contributed by atoms with Gasteiger partial charge in [-0.3, -0.25) is 4.98 Å². The lowest BCUT2D eigenvalue weighted by Crippen LogP contribution is -2.15. The van der Waals surface area contributed by atoms with E-state index < -0.39 is 11.6 Å². The first-order valence-corrected chi connectivity index (χ1v) is 6.84. The molecule has 1 heterocycles. The van der Waals surface area contributed by atoms with Crippen molar-refractivity contribution >= 4 is 0 Å². The molecule has 0 fully saturated rings. The maximum absolute atomic E-state index is 13.6. The average Bonchev–Trinajstić information content (AvgIpc) is 2.46. The van der Waals surface area contributed by atoms with Gasteiger partial charge in [-0.05, 0) is 37.7 Å². The summed E-state index contributed by atoms with van der Waals surface area (Å²) in [6.45, 7) is 5.06. The molecule has 0 unspecified atom stereocenters. The highest BCUT2D eigenvalue weighted by atomic mass is 19.1. The number of aromatic nitrogens is 1. The molecule has 0 spiro atoms. The summed E-state index contributed by atoms with van der Waals surface area (Å²) in [5.74, 6) is -0.684. The normalized spacial score (nSPS) is 10.7. The fourth-order valence-electron chi connectivity index (χ4n) is 1.92. The predicted octanol–water partition coefficient (Wildman–Crippen LogP) is 3.36. The number of nitrogens with one attached hydrogen (secondary N) is 1. The number of benzene rings is 1. The van der Waals surface area contributed by atoms with E-state index in [1.807, 2.05) is 19.9 Å². The first-order chi connectivity index (χ1) is 10.1. The Morgan fingerprint density at radius 1 is 1.14 bits per heavy atom. The van der Waals surface area contributed by atoms with E-state index in [4.69, 9.17) is 4.74 Å². The molecule has 0 amide bonds. The number of hydrogen-bond acceptors (Lipinski definition) is 3. The molecular weight excluding hydrogens is 274 g/mol. The van der Waals surface area contributed by atoms with Gasteiger partial charge < -0.3 is 10.1 Å². The van der Waals surface area contributed by atoms with Gasteiger partial charge in [0.25, 0.3) is 0 Å². The van der Waals surface area contributed by atoms with Crippen LogP contribution in [0.2, 0.25) is 0 Å². The first kappa shape index (κ1) is 15.4. The molecule has 0 saturated heterocycles. The van der Waals surface area contributed by atoms with Gasteiger partial charge in [0.2, 0.25) is 0 Å². The van der Waals surface area contributed by atoms with E-state index in [0.717, 1.165) is 17.9 Å². The molecule has 1 aromatic heterocycles. The van der Waals surface area contributed by atoms with Crippen LogP contribution >= 0.6 is 0 Å². The van der Waals surface area contributed by atoms with Gasteiger partial charge in [-0.15, -0.1) is 0 Å². The fraction of sp³-hybridized carbons (Fsp3) is 0.312. The Morgan fingerprint density at radius 3 is 2.52 bits per heavy atom. The number of ether oxygens (including phenoxy) is 1. The molecule has 2 aromatic rings. The Hall–Kier alpha value is -2.01. The summed E-state index contributed by atoms with van der Waals surface area (Å²) in [7, 11) is 0. The van der Waals surface area contributed by atoms with Crippen LogP contribution in [0.25, 0.3) is 0 Å². The van der Waals surface area contributed by atoms with Gasteiger partial charge >= 0.3 is 0 Å². The Morgan fingerprint density at radius 2 is 1.86 bits per heavy atom. The van der Waals surface area contributed by atoms with E-state index in [0.29, 0.717) is 12.3 Å². The molecular formula is C16H18F2N2O. The fourth-order valence-corrected chi connectivity index (χ4v) is 1.92. The third-order valence-corrected chi connectivity index (χ3v) is 3.05. The standard InChI is InChI=1S/C16H18F2N2O/c1-3-19-9-15-16(8-7-11(2)20-15)21-10-12-13(17)5-4-6-14(12)18/h4-8,19H,3,9-10H2,1-2H3. The highest BCUT2D eigenvalue weighted by Crippen LogP contribution is 2.20. The highest BCUT2D eigenvalue weighted by Gasteiger charge is 2.11. The van der Waals surface area contributed by atoms with Gasteiger partial charge in [-0.25, -0.2) is 8.78 Å². The van der Waals surface area contributed by atoms with Crippen LogP contribution < -0.4 is 10.1 Å². The summed E-state index contributed by atoms with van der Waals surface area (Å²) >= 11 is 0. The molecule has 5 heteroatoms. The van der Waals surface area contributed by atoms with Crippen molar-refractivity contribution in [2.24, 2.45) is 0 Å². The SMILES string of the molecule is CCNCc1nc(C)ccc1OCc1c(F)cccc1F. The third-order valence-electron chi connectivity index (χ3n) is 3.05. The monoisotopic (exact) mass is 292 g/mol. The maximum Gasteiger partial charge on any atom is 0.142 e. The van der Waals surface area contributed by atoms with Crippen molar-refractivity contribution in [3.8, 4) is 5.75 Å². The second-order valence-electron chi connectivity index (χ2n) is 4.67. The van der Waals surface area contributed by atoms with Crippen molar-refractivity contribution in [1.29, 1.82) is 0 Å². The van der Waals surface area contributed by atoms with E-state index in [9.17, 15) is 8.78 Å². The number of halogens is 2. The second kappa shape index (κ2) is 7.13. The van der Waals surface area contributed by atoms with Gasteiger partial charge in [0.1, 0.15) is 24.0 Å². The second-order valence-corrected chi connectivity index (χ2v) is 4.67. The van der Waals surface area contributed by atoms with E-state index in [1.165, 1.54) is 18.2 Å². The van der Waals surface area contributed by atoms with Crippen LogP contribution in [0.3, 0.4) is 0 Å². The Balaban J connectivity index is 2.16. The number of nitrogens with zero attached hydrogens (tertiary/aromatic N) is 1. The molecule has 0 aliphatic carbocycles. The minimum absolute atomic E-state index is 0.0764. The van der Waals surface area contributed by atoms with Gasteiger partial charge in [-0.2, -0.15) is 0 Å². The molecule has 112 valence electrons. The van der Waals surface area contributed by atoms with Gasteiger partial charge in [0.15, 0.2) is 0 Å². The van der Waals surface area contributed by atoms with Gasteiger partial charge in [0, 0.05) is 12.2 Å². The summed E-state index contributed by atoms with van der Waals surface area (Å²) in [5, 5.41) is 3.16. The minimum Gasteiger partial charge on any atom is -0.487 e. The van der Waals surface area contributed by atoms with E-state index >= 15 is 0 Å². The van der Waals surface area contributed by atoms with E-state index in [1.54, 1.807) is 6.07 Å². The molecule has 0 saturated carbocycles. The van der Waals surface area contributed by atoms with Crippen molar-refractivity contribution in [2.75, 3.05) is 6.54 Å². The molecule has 0 aliphatic rings. The summed E-state index contributed by atoms with van der Waals surface area (Å²) in [5.41, 5.74) is 1.52. The smallest absolute Gasteiger partial charge is 0.142 e. The topological polar surface area (TPSA) is 34.2 Å². The summed E-state index contributed by atoms with van der Waals surface area (Å²) < 4.78 is 32.7. The largest absolute Gasteiger partial charge is 0.487 e.